The highest BCUT2D eigenvalue weighted by atomic mass is 19.1. The van der Waals surface area contributed by atoms with E-state index >= 15 is 0 Å². The van der Waals surface area contributed by atoms with Gasteiger partial charge in [-0.2, -0.15) is 0 Å². The van der Waals surface area contributed by atoms with Crippen LogP contribution in [0.4, 0.5) is 20.6 Å². The number of carbonyl (C=O) groups excluding carboxylic acids is 1. The number of urea groups is 1. The van der Waals surface area contributed by atoms with Gasteiger partial charge in [0.25, 0.3) is 0 Å². The van der Waals surface area contributed by atoms with Crippen LogP contribution >= 0.6 is 0 Å². The Morgan fingerprint density at radius 1 is 1.00 bits per heavy atom. The van der Waals surface area contributed by atoms with E-state index in [2.05, 4.69) is 10.6 Å². The SMILES string of the molecule is CN(C)c1ccc(NC(=O)NC(C)(C)c2ccc(F)cc2)cc1. The fraction of sp³-hybridized carbons (Fsp3) is 0.278. The Morgan fingerprint density at radius 3 is 2.09 bits per heavy atom. The largest absolute Gasteiger partial charge is 0.378 e. The zero-order valence-electron chi connectivity index (χ0n) is 13.9. The highest BCUT2D eigenvalue weighted by molar-refractivity contribution is 5.90. The predicted octanol–water partition coefficient (Wildman–Crippen LogP) is 3.95. The van der Waals surface area contributed by atoms with Crippen molar-refractivity contribution >= 4 is 17.4 Å². The van der Waals surface area contributed by atoms with Gasteiger partial charge in [-0.05, 0) is 55.8 Å². The molecule has 2 aromatic carbocycles. The standard InChI is InChI=1S/C18H22FN3O/c1-18(2,13-5-7-14(19)8-6-13)21-17(23)20-15-9-11-16(12-10-15)22(3)4/h5-12H,1-4H3,(H2,20,21,23). The molecule has 0 bridgehead atoms. The minimum absolute atomic E-state index is 0.296. The zero-order chi connectivity index (χ0) is 17.0. The van der Waals surface area contributed by atoms with E-state index in [1.807, 2.05) is 57.1 Å². The van der Waals surface area contributed by atoms with Crippen molar-refractivity contribution in [2.45, 2.75) is 19.4 Å². The molecule has 0 aliphatic carbocycles. The van der Waals surface area contributed by atoms with Crippen molar-refractivity contribution in [3.05, 3.63) is 59.9 Å². The average Bonchev–Trinajstić information content (AvgIpc) is 2.47. The van der Waals surface area contributed by atoms with Crippen LogP contribution in [0.5, 0.6) is 0 Å². The van der Waals surface area contributed by atoms with Gasteiger partial charge in [0.1, 0.15) is 5.82 Å². The highest BCUT2D eigenvalue weighted by Gasteiger charge is 2.22. The van der Waals surface area contributed by atoms with Crippen molar-refractivity contribution in [2.24, 2.45) is 0 Å². The Morgan fingerprint density at radius 2 is 1.57 bits per heavy atom. The lowest BCUT2D eigenvalue weighted by molar-refractivity contribution is 0.242. The summed E-state index contributed by atoms with van der Waals surface area (Å²) in [6.07, 6.45) is 0. The molecule has 2 N–H and O–H groups in total. The molecular weight excluding hydrogens is 293 g/mol. The number of rotatable bonds is 4. The molecule has 0 heterocycles. The molecule has 0 aromatic heterocycles. The number of hydrogen-bond acceptors (Lipinski definition) is 2. The lowest BCUT2D eigenvalue weighted by Gasteiger charge is -2.27. The summed E-state index contributed by atoms with van der Waals surface area (Å²) < 4.78 is 13.0. The van der Waals surface area contributed by atoms with E-state index in [0.717, 1.165) is 11.3 Å². The third-order valence-corrected chi connectivity index (χ3v) is 3.63. The number of anilines is 2. The summed E-state index contributed by atoms with van der Waals surface area (Å²) in [7, 11) is 3.92. The van der Waals surface area contributed by atoms with Crippen molar-refractivity contribution in [1.82, 2.24) is 5.32 Å². The highest BCUT2D eigenvalue weighted by Crippen LogP contribution is 2.21. The fourth-order valence-corrected chi connectivity index (χ4v) is 2.23. The minimum Gasteiger partial charge on any atom is -0.378 e. The van der Waals surface area contributed by atoms with Crippen LogP contribution in [-0.4, -0.2) is 20.1 Å². The monoisotopic (exact) mass is 315 g/mol. The zero-order valence-corrected chi connectivity index (χ0v) is 13.9. The fourth-order valence-electron chi connectivity index (χ4n) is 2.23. The molecular formula is C18H22FN3O. The van der Waals surface area contributed by atoms with Crippen molar-refractivity contribution in [2.75, 3.05) is 24.3 Å². The van der Waals surface area contributed by atoms with Crippen LogP contribution in [0.25, 0.3) is 0 Å². The summed E-state index contributed by atoms with van der Waals surface area (Å²) in [5.41, 5.74) is 1.99. The first-order chi connectivity index (χ1) is 10.8. The van der Waals surface area contributed by atoms with E-state index in [0.29, 0.717) is 5.69 Å². The van der Waals surface area contributed by atoms with E-state index in [1.54, 1.807) is 12.1 Å². The summed E-state index contributed by atoms with van der Waals surface area (Å²) in [6, 6.07) is 13.4. The van der Waals surface area contributed by atoms with Gasteiger partial charge >= 0.3 is 6.03 Å². The number of nitrogens with zero attached hydrogens (tertiary/aromatic N) is 1. The van der Waals surface area contributed by atoms with Crippen LogP contribution in [0.3, 0.4) is 0 Å². The first-order valence-electron chi connectivity index (χ1n) is 7.40. The maximum absolute atomic E-state index is 13.0. The normalized spacial score (nSPS) is 11.0. The van der Waals surface area contributed by atoms with Gasteiger partial charge in [0.2, 0.25) is 0 Å². The maximum Gasteiger partial charge on any atom is 0.319 e. The predicted molar refractivity (Wildman–Crippen MR) is 92.3 cm³/mol. The Kier molecular flexibility index (Phi) is 4.89. The first-order valence-corrected chi connectivity index (χ1v) is 7.40. The number of nitrogens with one attached hydrogen (secondary N) is 2. The van der Waals surface area contributed by atoms with Gasteiger partial charge in [-0.1, -0.05) is 12.1 Å². The Bertz CT molecular complexity index is 664. The number of carbonyl (C=O) groups is 1. The number of benzene rings is 2. The Balaban J connectivity index is 2.02. The third-order valence-electron chi connectivity index (χ3n) is 3.63. The lowest BCUT2D eigenvalue weighted by Crippen LogP contribution is -2.43. The van der Waals surface area contributed by atoms with Crippen LogP contribution in [0.15, 0.2) is 48.5 Å². The summed E-state index contributed by atoms with van der Waals surface area (Å²) in [4.78, 5) is 14.2. The quantitative estimate of drug-likeness (QED) is 0.897. The third kappa shape index (κ3) is 4.45. The number of hydrogen-bond donors (Lipinski definition) is 2. The van der Waals surface area contributed by atoms with Crippen LogP contribution < -0.4 is 15.5 Å². The molecule has 0 aliphatic heterocycles. The van der Waals surface area contributed by atoms with E-state index in [4.69, 9.17) is 0 Å². The topological polar surface area (TPSA) is 44.4 Å². The molecule has 5 heteroatoms. The summed E-state index contributed by atoms with van der Waals surface area (Å²) >= 11 is 0. The molecule has 2 aromatic rings. The summed E-state index contributed by atoms with van der Waals surface area (Å²) in [5, 5.41) is 5.70. The van der Waals surface area contributed by atoms with Crippen molar-refractivity contribution in [3.8, 4) is 0 Å². The van der Waals surface area contributed by atoms with E-state index in [1.165, 1.54) is 12.1 Å². The smallest absolute Gasteiger partial charge is 0.319 e. The molecule has 0 spiro atoms. The van der Waals surface area contributed by atoms with Gasteiger partial charge in [-0.25, -0.2) is 9.18 Å². The van der Waals surface area contributed by atoms with E-state index in [-0.39, 0.29) is 11.8 Å². The van der Waals surface area contributed by atoms with Gasteiger partial charge < -0.3 is 15.5 Å². The molecule has 4 nitrogen and oxygen atoms in total. The van der Waals surface area contributed by atoms with E-state index in [9.17, 15) is 9.18 Å². The molecule has 2 amide bonds. The summed E-state index contributed by atoms with van der Waals surface area (Å²) in [6.45, 7) is 3.74. The molecule has 2 rings (SSSR count). The second-order valence-corrected chi connectivity index (χ2v) is 6.15. The van der Waals surface area contributed by atoms with Crippen LogP contribution in [0, 0.1) is 5.82 Å². The van der Waals surface area contributed by atoms with Gasteiger partial charge in [0.15, 0.2) is 0 Å². The van der Waals surface area contributed by atoms with Gasteiger partial charge in [0, 0.05) is 25.5 Å². The number of halogens is 1. The second-order valence-electron chi connectivity index (χ2n) is 6.15. The molecule has 23 heavy (non-hydrogen) atoms. The lowest BCUT2D eigenvalue weighted by atomic mass is 9.94. The van der Waals surface area contributed by atoms with Crippen molar-refractivity contribution in [1.29, 1.82) is 0 Å². The molecule has 0 saturated carbocycles. The van der Waals surface area contributed by atoms with Crippen molar-refractivity contribution in [3.63, 3.8) is 0 Å². The molecule has 0 aliphatic rings. The van der Waals surface area contributed by atoms with Gasteiger partial charge in [-0.3, -0.25) is 0 Å². The average molecular weight is 315 g/mol. The Labute approximate surface area is 136 Å². The molecule has 0 unspecified atom stereocenters. The van der Waals surface area contributed by atoms with Gasteiger partial charge in [0.05, 0.1) is 5.54 Å². The summed E-state index contributed by atoms with van der Waals surface area (Å²) in [5.74, 6) is -0.296. The van der Waals surface area contributed by atoms with E-state index < -0.39 is 5.54 Å². The van der Waals surface area contributed by atoms with Crippen LogP contribution in [0.1, 0.15) is 19.4 Å². The van der Waals surface area contributed by atoms with Crippen molar-refractivity contribution < 1.29 is 9.18 Å². The number of amides is 2. The Hall–Kier alpha value is -2.56. The van der Waals surface area contributed by atoms with Crippen LogP contribution in [0.2, 0.25) is 0 Å². The molecule has 0 fully saturated rings. The first kappa shape index (κ1) is 16.8. The van der Waals surface area contributed by atoms with Gasteiger partial charge in [-0.15, -0.1) is 0 Å². The molecule has 0 atom stereocenters. The van der Waals surface area contributed by atoms with Crippen LogP contribution in [-0.2, 0) is 5.54 Å². The molecule has 122 valence electrons. The maximum atomic E-state index is 13.0. The molecule has 0 saturated heterocycles. The second kappa shape index (κ2) is 6.69. The minimum atomic E-state index is -0.610. The molecule has 0 radical (unpaired) electrons.